The van der Waals surface area contributed by atoms with Crippen molar-refractivity contribution in [2.24, 2.45) is 0 Å². The second-order valence-electron chi connectivity index (χ2n) is 3.03. The van der Waals surface area contributed by atoms with Crippen LogP contribution in [0.15, 0.2) is 22.7 Å². The Kier molecular flexibility index (Phi) is 3.62. The van der Waals surface area contributed by atoms with E-state index in [0.29, 0.717) is 4.47 Å². The van der Waals surface area contributed by atoms with Gasteiger partial charge in [-0.3, -0.25) is 0 Å². The Morgan fingerprint density at radius 2 is 1.93 bits per heavy atom. The molecule has 0 radical (unpaired) electrons. The predicted molar refractivity (Wildman–Crippen MR) is 51.6 cm³/mol. The van der Waals surface area contributed by atoms with E-state index in [-0.39, 0.29) is 11.3 Å². The smallest absolute Gasteiger partial charge is 0.414 e. The summed E-state index contributed by atoms with van der Waals surface area (Å²) in [4.78, 5) is 0. The minimum atomic E-state index is -4.67. The first-order chi connectivity index (χ1) is 6.80. The van der Waals surface area contributed by atoms with Crippen LogP contribution in [0.5, 0.6) is 5.75 Å². The number of aliphatic hydroxyl groups is 1. The van der Waals surface area contributed by atoms with Crippen LogP contribution in [0.2, 0.25) is 0 Å². The number of phenolic OH excluding ortho intramolecular Hbond substituents is 1. The number of benzene rings is 1. The van der Waals surface area contributed by atoms with Crippen molar-refractivity contribution in [2.45, 2.75) is 18.7 Å². The van der Waals surface area contributed by atoms with Gasteiger partial charge in [0.1, 0.15) is 5.75 Å². The van der Waals surface area contributed by atoms with Gasteiger partial charge in [-0.15, -0.1) is 0 Å². The number of aromatic hydroxyl groups is 1. The number of halogens is 4. The van der Waals surface area contributed by atoms with E-state index >= 15 is 0 Å². The number of hydrogen-bond donors (Lipinski definition) is 2. The fourth-order valence-corrected chi connectivity index (χ4v) is 1.38. The molecule has 0 aliphatic carbocycles. The molecule has 2 nitrogen and oxygen atoms in total. The Morgan fingerprint density at radius 1 is 1.33 bits per heavy atom. The van der Waals surface area contributed by atoms with Crippen LogP contribution in [0.25, 0.3) is 0 Å². The van der Waals surface area contributed by atoms with Crippen LogP contribution in [0, 0.1) is 0 Å². The van der Waals surface area contributed by atoms with E-state index in [9.17, 15) is 18.3 Å². The van der Waals surface area contributed by atoms with Gasteiger partial charge in [-0.1, -0.05) is 22.0 Å². The third kappa shape index (κ3) is 3.39. The van der Waals surface area contributed by atoms with Gasteiger partial charge < -0.3 is 10.2 Å². The van der Waals surface area contributed by atoms with Crippen molar-refractivity contribution >= 4 is 15.9 Å². The Hall–Kier alpha value is -0.750. The van der Waals surface area contributed by atoms with Crippen molar-refractivity contribution in [3.63, 3.8) is 0 Å². The van der Waals surface area contributed by atoms with E-state index < -0.39 is 18.7 Å². The highest BCUT2D eigenvalue weighted by atomic mass is 79.9. The third-order valence-electron chi connectivity index (χ3n) is 1.84. The molecule has 0 saturated carbocycles. The lowest BCUT2D eigenvalue weighted by Crippen LogP contribution is -2.30. The highest BCUT2D eigenvalue weighted by Gasteiger charge is 2.38. The van der Waals surface area contributed by atoms with Crippen molar-refractivity contribution < 1.29 is 23.4 Å². The molecule has 15 heavy (non-hydrogen) atoms. The maximum Gasteiger partial charge on any atom is 0.414 e. The molecule has 0 aliphatic heterocycles. The number of hydrogen-bond acceptors (Lipinski definition) is 2. The lowest BCUT2D eigenvalue weighted by molar-refractivity contribution is -0.203. The second kappa shape index (κ2) is 4.40. The molecule has 0 aliphatic rings. The van der Waals surface area contributed by atoms with Gasteiger partial charge in [-0.25, -0.2) is 0 Å². The standard InChI is InChI=1S/C9H8BrF3O2/c10-6-2-1-5(7(14)4-6)3-8(15)9(11,12)13/h1-2,4,8,14-15H,3H2. The van der Waals surface area contributed by atoms with Gasteiger partial charge in [0.25, 0.3) is 0 Å². The molecule has 2 N–H and O–H groups in total. The molecule has 0 heterocycles. The fraction of sp³-hybridized carbons (Fsp3) is 0.333. The van der Waals surface area contributed by atoms with E-state index in [2.05, 4.69) is 15.9 Å². The van der Waals surface area contributed by atoms with Gasteiger partial charge in [0, 0.05) is 10.9 Å². The molecule has 1 unspecified atom stereocenters. The van der Waals surface area contributed by atoms with Crippen molar-refractivity contribution in [1.82, 2.24) is 0 Å². The molecule has 0 amide bonds. The summed E-state index contributed by atoms with van der Waals surface area (Å²) < 4.78 is 36.6. The van der Waals surface area contributed by atoms with Crippen LogP contribution in [0.1, 0.15) is 5.56 Å². The molecule has 0 saturated heterocycles. The Labute approximate surface area is 92.5 Å². The zero-order valence-electron chi connectivity index (χ0n) is 7.42. The van der Waals surface area contributed by atoms with Crippen LogP contribution in [0.4, 0.5) is 13.2 Å². The highest BCUT2D eigenvalue weighted by Crippen LogP contribution is 2.28. The Bertz CT molecular complexity index is 352. The molecule has 0 bridgehead atoms. The summed E-state index contributed by atoms with van der Waals surface area (Å²) in [5, 5.41) is 18.1. The molecule has 0 spiro atoms. The number of alkyl halides is 3. The quantitative estimate of drug-likeness (QED) is 0.877. The molecule has 1 atom stereocenters. The summed E-state index contributed by atoms with van der Waals surface area (Å²) in [6, 6.07) is 4.10. The first kappa shape index (κ1) is 12.3. The van der Waals surface area contributed by atoms with Crippen molar-refractivity contribution in [2.75, 3.05) is 0 Å². The summed E-state index contributed by atoms with van der Waals surface area (Å²) in [6.45, 7) is 0. The normalized spacial score (nSPS) is 13.9. The van der Waals surface area contributed by atoms with Crippen LogP contribution in [-0.4, -0.2) is 22.5 Å². The summed E-state index contributed by atoms with van der Waals surface area (Å²) in [6.07, 6.45) is -7.77. The number of aliphatic hydroxyl groups excluding tert-OH is 1. The molecule has 6 heteroatoms. The minimum Gasteiger partial charge on any atom is -0.508 e. The topological polar surface area (TPSA) is 40.5 Å². The van der Waals surface area contributed by atoms with Gasteiger partial charge in [0.05, 0.1) is 0 Å². The minimum absolute atomic E-state index is 0.0584. The SMILES string of the molecule is Oc1cc(Br)ccc1CC(O)C(F)(F)F. The maximum absolute atomic E-state index is 12.0. The lowest BCUT2D eigenvalue weighted by atomic mass is 10.1. The van der Waals surface area contributed by atoms with E-state index in [1.165, 1.54) is 18.2 Å². The van der Waals surface area contributed by atoms with Crippen molar-refractivity contribution in [3.8, 4) is 5.75 Å². The van der Waals surface area contributed by atoms with Crippen LogP contribution in [-0.2, 0) is 6.42 Å². The molecule has 1 rings (SSSR count). The number of phenols is 1. The van der Waals surface area contributed by atoms with Crippen molar-refractivity contribution in [3.05, 3.63) is 28.2 Å². The van der Waals surface area contributed by atoms with Gasteiger partial charge >= 0.3 is 6.18 Å². The third-order valence-corrected chi connectivity index (χ3v) is 2.33. The Balaban J connectivity index is 2.82. The fourth-order valence-electron chi connectivity index (χ4n) is 1.03. The molecule has 1 aromatic carbocycles. The zero-order chi connectivity index (χ0) is 11.6. The predicted octanol–water partition coefficient (Wildman–Crippen LogP) is 2.62. The van der Waals surface area contributed by atoms with Gasteiger partial charge in [-0.05, 0) is 17.7 Å². The first-order valence-electron chi connectivity index (χ1n) is 4.03. The monoisotopic (exact) mass is 284 g/mol. The average molecular weight is 285 g/mol. The van der Waals surface area contributed by atoms with E-state index in [0.717, 1.165) is 0 Å². The summed E-state index contributed by atoms with van der Waals surface area (Å²) in [7, 11) is 0. The molecule has 0 fully saturated rings. The average Bonchev–Trinajstić information content (AvgIpc) is 2.08. The first-order valence-corrected chi connectivity index (χ1v) is 4.82. The lowest BCUT2D eigenvalue weighted by Gasteiger charge is -2.15. The largest absolute Gasteiger partial charge is 0.508 e. The molecule has 1 aromatic rings. The zero-order valence-corrected chi connectivity index (χ0v) is 9.01. The highest BCUT2D eigenvalue weighted by molar-refractivity contribution is 9.10. The van der Waals surface area contributed by atoms with E-state index in [4.69, 9.17) is 5.11 Å². The van der Waals surface area contributed by atoms with Crippen LogP contribution in [0.3, 0.4) is 0 Å². The van der Waals surface area contributed by atoms with E-state index in [1.807, 2.05) is 0 Å². The molecule has 84 valence electrons. The Morgan fingerprint density at radius 3 is 2.40 bits per heavy atom. The molecular formula is C9H8BrF3O2. The second-order valence-corrected chi connectivity index (χ2v) is 3.95. The van der Waals surface area contributed by atoms with Crippen molar-refractivity contribution in [1.29, 1.82) is 0 Å². The number of rotatable bonds is 2. The summed E-state index contributed by atoms with van der Waals surface area (Å²) in [5.74, 6) is -0.271. The summed E-state index contributed by atoms with van der Waals surface area (Å²) in [5.41, 5.74) is 0.0584. The van der Waals surface area contributed by atoms with E-state index in [1.54, 1.807) is 0 Å². The summed E-state index contributed by atoms with van der Waals surface area (Å²) >= 11 is 3.06. The van der Waals surface area contributed by atoms with Gasteiger partial charge in [0.15, 0.2) is 6.10 Å². The van der Waals surface area contributed by atoms with Gasteiger partial charge in [-0.2, -0.15) is 13.2 Å². The van der Waals surface area contributed by atoms with Crippen LogP contribution >= 0.6 is 15.9 Å². The molecule has 0 aromatic heterocycles. The maximum atomic E-state index is 12.0. The van der Waals surface area contributed by atoms with Crippen LogP contribution < -0.4 is 0 Å². The van der Waals surface area contributed by atoms with Gasteiger partial charge in [0.2, 0.25) is 0 Å². The molecular weight excluding hydrogens is 277 g/mol.